The second-order valence-corrected chi connectivity index (χ2v) is 8.29. The highest BCUT2D eigenvalue weighted by atomic mass is 16.5. The van der Waals surface area contributed by atoms with Crippen LogP contribution in [0.25, 0.3) is 22.3 Å². The van der Waals surface area contributed by atoms with E-state index in [4.69, 9.17) is 14.5 Å². The highest BCUT2D eigenvalue weighted by molar-refractivity contribution is 5.77. The van der Waals surface area contributed by atoms with Crippen molar-refractivity contribution in [2.45, 2.75) is 39.3 Å². The van der Waals surface area contributed by atoms with Gasteiger partial charge in [-0.1, -0.05) is 12.1 Å². The maximum absolute atomic E-state index is 12.5. The Morgan fingerprint density at radius 3 is 2.88 bits per heavy atom. The molecule has 1 aliphatic heterocycles. The fourth-order valence-corrected chi connectivity index (χ4v) is 4.33. The maximum atomic E-state index is 12.5. The number of benzene rings is 2. The molecule has 4 aromatic rings. The van der Waals surface area contributed by atoms with Crippen molar-refractivity contribution >= 4 is 17.0 Å². The van der Waals surface area contributed by atoms with Crippen molar-refractivity contribution in [1.29, 1.82) is 0 Å². The Kier molecular flexibility index (Phi) is 5.17. The van der Waals surface area contributed by atoms with E-state index >= 15 is 0 Å². The van der Waals surface area contributed by atoms with Gasteiger partial charge in [0.05, 0.1) is 30.3 Å². The Labute approximate surface area is 186 Å². The van der Waals surface area contributed by atoms with Gasteiger partial charge in [-0.05, 0) is 54.8 Å². The summed E-state index contributed by atoms with van der Waals surface area (Å²) in [6, 6.07) is 14.0. The summed E-state index contributed by atoms with van der Waals surface area (Å²) < 4.78 is 15.0. The third-order valence-electron chi connectivity index (χ3n) is 6.01. The van der Waals surface area contributed by atoms with Gasteiger partial charge in [0.2, 0.25) is 0 Å². The number of aryl methyl sites for hydroxylation is 4. The van der Waals surface area contributed by atoms with Gasteiger partial charge in [-0.15, -0.1) is 0 Å². The molecule has 0 unspecified atom stereocenters. The summed E-state index contributed by atoms with van der Waals surface area (Å²) >= 11 is 0. The highest BCUT2D eigenvalue weighted by Gasteiger charge is 2.17. The second-order valence-electron chi connectivity index (χ2n) is 8.29. The number of aromatic nitrogens is 4. The zero-order valence-corrected chi connectivity index (χ0v) is 18.6. The number of ether oxygens (including phenoxy) is 2. The van der Waals surface area contributed by atoms with Gasteiger partial charge in [0, 0.05) is 31.3 Å². The van der Waals surface area contributed by atoms with E-state index in [0.29, 0.717) is 0 Å². The molecule has 0 saturated heterocycles. The van der Waals surface area contributed by atoms with E-state index in [-0.39, 0.29) is 19.0 Å². The largest absolute Gasteiger partial charge is 0.496 e. The van der Waals surface area contributed by atoms with E-state index in [9.17, 15) is 4.79 Å². The van der Waals surface area contributed by atoms with Crippen LogP contribution in [0.15, 0.2) is 42.5 Å². The molecule has 7 nitrogen and oxygen atoms in total. The molecule has 0 atom stereocenters. The molecule has 1 aliphatic rings. The lowest BCUT2D eigenvalue weighted by Crippen LogP contribution is -2.11. The highest BCUT2D eigenvalue weighted by Crippen LogP contribution is 2.30. The minimum Gasteiger partial charge on any atom is -0.496 e. The molecule has 5 rings (SSSR count). The fraction of sp³-hybridized carbons (Fsp3) is 0.320. The van der Waals surface area contributed by atoms with E-state index in [1.807, 2.05) is 50.4 Å². The minimum absolute atomic E-state index is 0.151. The van der Waals surface area contributed by atoms with Gasteiger partial charge in [0.15, 0.2) is 0 Å². The van der Waals surface area contributed by atoms with Gasteiger partial charge in [-0.3, -0.25) is 9.48 Å². The van der Waals surface area contributed by atoms with E-state index in [0.717, 1.165) is 70.1 Å². The van der Waals surface area contributed by atoms with Crippen molar-refractivity contribution < 1.29 is 14.3 Å². The van der Waals surface area contributed by atoms with Gasteiger partial charge in [-0.2, -0.15) is 5.10 Å². The van der Waals surface area contributed by atoms with E-state index in [2.05, 4.69) is 15.7 Å². The van der Waals surface area contributed by atoms with Crippen molar-refractivity contribution in [3.8, 4) is 17.0 Å². The molecule has 0 amide bonds. The number of esters is 1. The van der Waals surface area contributed by atoms with Crippen LogP contribution < -0.4 is 4.74 Å². The first-order valence-electron chi connectivity index (χ1n) is 10.8. The number of carbonyl (C=O) groups excluding carboxylic acids is 1. The SMILES string of the molecule is COc1cc(C)ccc1-c1cc(CC(=O)OCc2ccc3c(c2)nc2n3CCC2)n(C)n1. The molecule has 164 valence electrons. The lowest BCUT2D eigenvalue weighted by Gasteiger charge is -2.06. The molecule has 0 radical (unpaired) electrons. The van der Waals surface area contributed by atoms with Crippen LogP contribution in [0.5, 0.6) is 5.75 Å². The number of hydrogen-bond acceptors (Lipinski definition) is 5. The topological polar surface area (TPSA) is 71.2 Å². The Balaban J connectivity index is 1.26. The first-order chi connectivity index (χ1) is 15.5. The van der Waals surface area contributed by atoms with Gasteiger partial charge in [-0.25, -0.2) is 4.98 Å². The molecule has 3 heterocycles. The number of nitrogens with zero attached hydrogens (tertiary/aromatic N) is 4. The number of imidazole rings is 1. The summed E-state index contributed by atoms with van der Waals surface area (Å²) in [5, 5.41) is 4.57. The molecule has 32 heavy (non-hydrogen) atoms. The van der Waals surface area contributed by atoms with E-state index in [1.165, 1.54) is 0 Å². The van der Waals surface area contributed by atoms with Crippen molar-refractivity contribution in [2.75, 3.05) is 7.11 Å². The predicted molar refractivity (Wildman–Crippen MR) is 121 cm³/mol. The third kappa shape index (κ3) is 3.75. The number of rotatable bonds is 6. The van der Waals surface area contributed by atoms with Crippen molar-refractivity contribution in [2.24, 2.45) is 7.05 Å². The average molecular weight is 431 g/mol. The minimum atomic E-state index is -0.289. The van der Waals surface area contributed by atoms with Crippen LogP contribution >= 0.6 is 0 Å². The summed E-state index contributed by atoms with van der Waals surface area (Å²) in [5.74, 6) is 1.62. The lowest BCUT2D eigenvalue weighted by molar-refractivity contribution is -0.144. The van der Waals surface area contributed by atoms with Crippen molar-refractivity contribution in [3.63, 3.8) is 0 Å². The zero-order chi connectivity index (χ0) is 22.2. The summed E-state index contributed by atoms with van der Waals surface area (Å²) in [6.45, 7) is 3.28. The second kappa shape index (κ2) is 8.15. The number of carbonyl (C=O) groups is 1. The summed E-state index contributed by atoms with van der Waals surface area (Å²) in [7, 11) is 3.48. The molecule has 0 N–H and O–H groups in total. The Hall–Kier alpha value is -3.61. The van der Waals surface area contributed by atoms with Crippen molar-refractivity contribution in [1.82, 2.24) is 19.3 Å². The van der Waals surface area contributed by atoms with Crippen LogP contribution in [0.2, 0.25) is 0 Å². The van der Waals surface area contributed by atoms with Crippen LogP contribution in [-0.4, -0.2) is 32.4 Å². The monoisotopic (exact) mass is 430 g/mol. The molecular weight excluding hydrogens is 404 g/mol. The first-order valence-corrected chi connectivity index (χ1v) is 10.8. The normalized spacial score (nSPS) is 12.8. The Morgan fingerprint density at radius 2 is 2.03 bits per heavy atom. The third-order valence-corrected chi connectivity index (χ3v) is 6.01. The van der Waals surface area contributed by atoms with E-state index in [1.54, 1.807) is 11.8 Å². The first kappa shape index (κ1) is 20.3. The number of hydrogen-bond donors (Lipinski definition) is 0. The zero-order valence-electron chi connectivity index (χ0n) is 18.6. The molecule has 0 bridgehead atoms. The Morgan fingerprint density at radius 1 is 1.16 bits per heavy atom. The Bertz CT molecular complexity index is 1320. The summed E-state index contributed by atoms with van der Waals surface area (Å²) in [4.78, 5) is 17.2. The molecular formula is C25H26N4O3. The molecule has 0 fully saturated rings. The van der Waals surface area contributed by atoms with Crippen LogP contribution in [0.4, 0.5) is 0 Å². The van der Waals surface area contributed by atoms with Crippen molar-refractivity contribution in [3.05, 3.63) is 65.1 Å². The molecule has 2 aromatic heterocycles. The van der Waals surface area contributed by atoms with Crippen LogP contribution in [0.1, 0.15) is 29.1 Å². The van der Waals surface area contributed by atoms with Gasteiger partial charge >= 0.3 is 5.97 Å². The fourth-order valence-electron chi connectivity index (χ4n) is 4.33. The lowest BCUT2D eigenvalue weighted by atomic mass is 10.1. The molecule has 0 saturated carbocycles. The molecule has 7 heteroatoms. The van der Waals surface area contributed by atoms with Crippen LogP contribution in [0.3, 0.4) is 0 Å². The number of methoxy groups -OCH3 is 1. The van der Waals surface area contributed by atoms with Gasteiger partial charge < -0.3 is 14.0 Å². The molecule has 0 spiro atoms. The number of fused-ring (bicyclic) bond motifs is 3. The van der Waals surface area contributed by atoms with Crippen LogP contribution in [0, 0.1) is 6.92 Å². The maximum Gasteiger partial charge on any atom is 0.312 e. The summed E-state index contributed by atoms with van der Waals surface area (Å²) in [5.41, 5.74) is 6.63. The smallest absolute Gasteiger partial charge is 0.312 e. The quantitative estimate of drug-likeness (QED) is 0.433. The average Bonchev–Trinajstić information content (AvgIpc) is 3.47. The van der Waals surface area contributed by atoms with E-state index < -0.39 is 0 Å². The van der Waals surface area contributed by atoms with Gasteiger partial charge in [0.25, 0.3) is 0 Å². The predicted octanol–water partition coefficient (Wildman–Crippen LogP) is 3.99. The molecule has 0 aliphatic carbocycles. The van der Waals surface area contributed by atoms with Gasteiger partial charge in [0.1, 0.15) is 18.2 Å². The standard InChI is InChI=1S/C25H26N4O3/c1-16-6-8-19(23(11-16)31-3)20-13-18(28(2)27-20)14-25(30)32-15-17-7-9-22-21(12-17)26-24-5-4-10-29(22)24/h6-9,11-13H,4-5,10,14-15H2,1-3H3. The van der Waals surface area contributed by atoms with Crippen LogP contribution in [-0.2, 0) is 42.6 Å². The molecule has 2 aromatic carbocycles. The summed E-state index contributed by atoms with van der Waals surface area (Å²) in [6.07, 6.45) is 2.34.